The summed E-state index contributed by atoms with van der Waals surface area (Å²) in [7, 11) is 0. The van der Waals surface area contributed by atoms with E-state index in [1.807, 2.05) is 30.3 Å². The Morgan fingerprint density at radius 3 is 2.93 bits per heavy atom. The summed E-state index contributed by atoms with van der Waals surface area (Å²) in [6.45, 7) is 1.44. The minimum absolute atomic E-state index is 0.193. The number of aromatic nitrogens is 1. The van der Waals surface area contributed by atoms with E-state index in [2.05, 4.69) is 4.98 Å². The van der Waals surface area contributed by atoms with E-state index >= 15 is 0 Å². The van der Waals surface area contributed by atoms with E-state index in [1.54, 1.807) is 6.20 Å². The Balaban J connectivity index is 2.71. The zero-order valence-corrected chi connectivity index (χ0v) is 7.87. The number of hydrogen-bond donors (Lipinski definition) is 0. The van der Waals surface area contributed by atoms with Crippen molar-refractivity contribution in [1.29, 1.82) is 0 Å². The number of nitrogens with zero attached hydrogens (tertiary/aromatic N) is 1. The van der Waals surface area contributed by atoms with Crippen LogP contribution in [0.3, 0.4) is 0 Å². The Morgan fingerprint density at radius 2 is 2.14 bits per heavy atom. The number of benzene rings is 1. The Hall–Kier alpha value is -1.70. The third kappa shape index (κ3) is 1.64. The third-order valence-electron chi connectivity index (χ3n) is 2.03. The minimum Gasteiger partial charge on any atom is -0.256 e. The standard InChI is InChI=1S/C12H10FN/c1-9(13)8-10-4-2-6-12-11(10)5-3-7-14-12/h2-8H,1H3/b9-8-. The SMILES string of the molecule is C/C(F)=C/c1cccc2ncccc12. The summed E-state index contributed by atoms with van der Waals surface area (Å²) in [5.41, 5.74) is 1.76. The zero-order chi connectivity index (χ0) is 9.97. The summed E-state index contributed by atoms with van der Waals surface area (Å²) in [5.74, 6) is -0.193. The summed E-state index contributed by atoms with van der Waals surface area (Å²) in [6, 6.07) is 9.47. The van der Waals surface area contributed by atoms with Crippen molar-refractivity contribution in [2.45, 2.75) is 6.92 Å². The van der Waals surface area contributed by atoms with Gasteiger partial charge >= 0.3 is 0 Å². The minimum atomic E-state index is -0.193. The number of halogens is 1. The van der Waals surface area contributed by atoms with Crippen molar-refractivity contribution in [1.82, 2.24) is 4.98 Å². The summed E-state index contributed by atoms with van der Waals surface area (Å²) in [6.07, 6.45) is 3.25. The Kier molecular flexibility index (Phi) is 2.27. The van der Waals surface area contributed by atoms with Crippen LogP contribution in [-0.2, 0) is 0 Å². The summed E-state index contributed by atoms with van der Waals surface area (Å²) in [5, 5.41) is 0.979. The van der Waals surface area contributed by atoms with E-state index in [0.29, 0.717) is 0 Å². The highest BCUT2D eigenvalue weighted by atomic mass is 19.1. The maximum Gasteiger partial charge on any atom is 0.0974 e. The van der Waals surface area contributed by atoms with Gasteiger partial charge in [0.25, 0.3) is 0 Å². The number of pyridine rings is 1. The quantitative estimate of drug-likeness (QED) is 0.665. The predicted molar refractivity (Wildman–Crippen MR) is 56.5 cm³/mol. The van der Waals surface area contributed by atoms with Gasteiger partial charge in [-0.05, 0) is 30.7 Å². The molecule has 0 unspecified atom stereocenters. The molecule has 2 rings (SSSR count). The van der Waals surface area contributed by atoms with E-state index in [1.165, 1.54) is 13.0 Å². The fourth-order valence-corrected chi connectivity index (χ4v) is 1.47. The maximum absolute atomic E-state index is 12.8. The van der Waals surface area contributed by atoms with Gasteiger partial charge in [0, 0.05) is 11.6 Å². The fourth-order valence-electron chi connectivity index (χ4n) is 1.47. The molecule has 1 aromatic heterocycles. The van der Waals surface area contributed by atoms with E-state index < -0.39 is 0 Å². The van der Waals surface area contributed by atoms with Crippen LogP contribution in [0.5, 0.6) is 0 Å². The first kappa shape index (κ1) is 8.88. The number of rotatable bonds is 1. The van der Waals surface area contributed by atoms with Crippen molar-refractivity contribution >= 4 is 17.0 Å². The predicted octanol–water partition coefficient (Wildman–Crippen LogP) is 3.57. The molecule has 0 amide bonds. The molecular formula is C12H10FN. The lowest BCUT2D eigenvalue weighted by Gasteiger charge is -2.00. The maximum atomic E-state index is 12.8. The zero-order valence-electron chi connectivity index (χ0n) is 7.87. The van der Waals surface area contributed by atoms with Crippen LogP contribution in [0.1, 0.15) is 12.5 Å². The average molecular weight is 187 g/mol. The first-order chi connectivity index (χ1) is 6.77. The highest BCUT2D eigenvalue weighted by molar-refractivity contribution is 5.87. The van der Waals surface area contributed by atoms with Gasteiger partial charge in [0.1, 0.15) is 0 Å². The Labute approximate surface area is 81.9 Å². The van der Waals surface area contributed by atoms with Crippen molar-refractivity contribution in [3.05, 3.63) is 47.9 Å². The molecule has 0 saturated carbocycles. The van der Waals surface area contributed by atoms with Crippen LogP contribution in [-0.4, -0.2) is 4.98 Å². The van der Waals surface area contributed by atoms with Crippen LogP contribution < -0.4 is 0 Å². The topological polar surface area (TPSA) is 12.9 Å². The van der Waals surface area contributed by atoms with Gasteiger partial charge in [-0.3, -0.25) is 4.98 Å². The van der Waals surface area contributed by atoms with Crippen molar-refractivity contribution in [3.63, 3.8) is 0 Å². The molecule has 0 spiro atoms. The van der Waals surface area contributed by atoms with Crippen LogP contribution in [0.25, 0.3) is 17.0 Å². The van der Waals surface area contributed by atoms with Crippen LogP contribution in [0.2, 0.25) is 0 Å². The molecule has 1 aromatic carbocycles. The highest BCUT2D eigenvalue weighted by Crippen LogP contribution is 2.19. The molecule has 0 saturated heterocycles. The summed E-state index contributed by atoms with van der Waals surface area (Å²) < 4.78 is 12.8. The van der Waals surface area contributed by atoms with Gasteiger partial charge in [0.2, 0.25) is 0 Å². The van der Waals surface area contributed by atoms with Gasteiger partial charge in [-0.15, -0.1) is 0 Å². The normalized spacial score (nSPS) is 12.0. The lowest BCUT2D eigenvalue weighted by atomic mass is 10.1. The molecule has 0 N–H and O–H groups in total. The van der Waals surface area contributed by atoms with Crippen molar-refractivity contribution in [2.24, 2.45) is 0 Å². The van der Waals surface area contributed by atoms with Crippen LogP contribution in [0.4, 0.5) is 4.39 Å². The second kappa shape index (κ2) is 3.58. The number of hydrogen-bond acceptors (Lipinski definition) is 1. The van der Waals surface area contributed by atoms with Crippen molar-refractivity contribution in [2.75, 3.05) is 0 Å². The van der Waals surface area contributed by atoms with E-state index in [0.717, 1.165) is 16.5 Å². The van der Waals surface area contributed by atoms with Gasteiger partial charge in [-0.2, -0.15) is 0 Å². The molecule has 0 aliphatic rings. The number of fused-ring (bicyclic) bond motifs is 1. The van der Waals surface area contributed by atoms with Gasteiger partial charge in [-0.25, -0.2) is 4.39 Å². The third-order valence-corrected chi connectivity index (χ3v) is 2.03. The molecule has 14 heavy (non-hydrogen) atoms. The van der Waals surface area contributed by atoms with Crippen molar-refractivity contribution in [3.8, 4) is 0 Å². The van der Waals surface area contributed by atoms with Crippen LogP contribution >= 0.6 is 0 Å². The molecule has 70 valence electrons. The first-order valence-electron chi connectivity index (χ1n) is 4.45. The largest absolute Gasteiger partial charge is 0.256 e. The molecule has 0 radical (unpaired) electrons. The molecule has 1 nitrogen and oxygen atoms in total. The van der Waals surface area contributed by atoms with Gasteiger partial charge in [0.05, 0.1) is 11.3 Å². The van der Waals surface area contributed by atoms with E-state index in [-0.39, 0.29) is 5.83 Å². The fraction of sp³-hybridized carbons (Fsp3) is 0.0833. The Bertz CT molecular complexity index is 479. The van der Waals surface area contributed by atoms with E-state index in [9.17, 15) is 4.39 Å². The van der Waals surface area contributed by atoms with E-state index in [4.69, 9.17) is 0 Å². The van der Waals surface area contributed by atoms with Gasteiger partial charge in [-0.1, -0.05) is 18.2 Å². The number of allylic oxidation sites excluding steroid dienone is 1. The molecule has 0 aliphatic heterocycles. The molecule has 0 fully saturated rings. The summed E-state index contributed by atoms with van der Waals surface area (Å²) in [4.78, 5) is 4.20. The first-order valence-corrected chi connectivity index (χ1v) is 4.45. The highest BCUT2D eigenvalue weighted by Gasteiger charge is 1.98. The van der Waals surface area contributed by atoms with Crippen LogP contribution in [0.15, 0.2) is 42.4 Å². The average Bonchev–Trinajstić information content (AvgIpc) is 2.18. The molecule has 0 bridgehead atoms. The lowest BCUT2D eigenvalue weighted by molar-refractivity contribution is 0.648. The van der Waals surface area contributed by atoms with Gasteiger partial charge < -0.3 is 0 Å². The summed E-state index contributed by atoms with van der Waals surface area (Å²) >= 11 is 0. The smallest absolute Gasteiger partial charge is 0.0974 e. The molecule has 0 aliphatic carbocycles. The second-order valence-corrected chi connectivity index (χ2v) is 3.15. The van der Waals surface area contributed by atoms with Crippen LogP contribution in [0, 0.1) is 0 Å². The monoisotopic (exact) mass is 187 g/mol. The molecular weight excluding hydrogens is 177 g/mol. The molecule has 0 atom stereocenters. The molecule has 2 aromatic rings. The van der Waals surface area contributed by atoms with Crippen molar-refractivity contribution < 1.29 is 4.39 Å². The second-order valence-electron chi connectivity index (χ2n) is 3.15. The molecule has 1 heterocycles. The Morgan fingerprint density at radius 1 is 1.29 bits per heavy atom. The van der Waals surface area contributed by atoms with Gasteiger partial charge in [0.15, 0.2) is 0 Å². The molecule has 2 heteroatoms. The lowest BCUT2D eigenvalue weighted by Crippen LogP contribution is -1.81.